The van der Waals surface area contributed by atoms with E-state index in [1.165, 1.54) is 7.11 Å². The molecule has 0 spiro atoms. The Kier molecular flexibility index (Phi) is 6.42. The number of carbonyl (C=O) groups is 2. The van der Waals surface area contributed by atoms with Crippen molar-refractivity contribution >= 4 is 29.1 Å². The first-order valence-electron chi connectivity index (χ1n) is 7.93. The molecule has 5 nitrogen and oxygen atoms in total. The van der Waals surface area contributed by atoms with Gasteiger partial charge in [-0.2, -0.15) is 0 Å². The molecule has 2 N–H and O–H groups in total. The van der Waals surface area contributed by atoms with Crippen LogP contribution in [0.1, 0.15) is 24.2 Å². The molecule has 0 saturated carbocycles. The predicted octanol–water partition coefficient (Wildman–Crippen LogP) is 3.74. The fraction of sp³-hybridized carbons (Fsp3) is 0.263. The van der Waals surface area contributed by atoms with Crippen molar-refractivity contribution in [3.05, 3.63) is 59.1 Å². The van der Waals surface area contributed by atoms with E-state index in [0.29, 0.717) is 22.0 Å². The highest BCUT2D eigenvalue weighted by molar-refractivity contribution is 6.33. The minimum Gasteiger partial charge on any atom is -0.496 e. The van der Waals surface area contributed by atoms with Crippen LogP contribution in [0.4, 0.5) is 5.69 Å². The van der Waals surface area contributed by atoms with Gasteiger partial charge in [-0.1, -0.05) is 49.7 Å². The molecule has 132 valence electrons. The van der Waals surface area contributed by atoms with Gasteiger partial charge in [0.25, 0.3) is 5.91 Å². The summed E-state index contributed by atoms with van der Waals surface area (Å²) in [6, 6.07) is 13.1. The third kappa shape index (κ3) is 4.73. The van der Waals surface area contributed by atoms with Crippen LogP contribution in [0.25, 0.3) is 0 Å². The van der Waals surface area contributed by atoms with Gasteiger partial charge in [-0.3, -0.25) is 9.59 Å². The molecule has 2 amide bonds. The molecule has 25 heavy (non-hydrogen) atoms. The number of ether oxygens (including phenoxy) is 1. The van der Waals surface area contributed by atoms with Gasteiger partial charge in [-0.25, -0.2) is 0 Å². The number of benzene rings is 2. The zero-order valence-corrected chi connectivity index (χ0v) is 15.1. The highest BCUT2D eigenvalue weighted by Gasteiger charge is 2.26. The summed E-state index contributed by atoms with van der Waals surface area (Å²) in [7, 11) is 1.50. The summed E-state index contributed by atoms with van der Waals surface area (Å²) in [5.74, 6) is -0.355. The van der Waals surface area contributed by atoms with E-state index in [-0.39, 0.29) is 17.7 Å². The van der Waals surface area contributed by atoms with E-state index in [2.05, 4.69) is 10.6 Å². The first kappa shape index (κ1) is 18.8. The predicted molar refractivity (Wildman–Crippen MR) is 99.2 cm³/mol. The lowest BCUT2D eigenvalue weighted by atomic mass is 10.0. The van der Waals surface area contributed by atoms with Gasteiger partial charge in [-0.05, 0) is 30.2 Å². The molecule has 0 bridgehead atoms. The molecular weight excluding hydrogens is 340 g/mol. The van der Waals surface area contributed by atoms with Gasteiger partial charge in [0.05, 0.1) is 23.4 Å². The number of para-hydroxylation sites is 2. The van der Waals surface area contributed by atoms with Gasteiger partial charge >= 0.3 is 0 Å². The Morgan fingerprint density at radius 3 is 2.32 bits per heavy atom. The van der Waals surface area contributed by atoms with Crippen LogP contribution >= 0.6 is 11.6 Å². The van der Waals surface area contributed by atoms with Crippen molar-refractivity contribution in [1.29, 1.82) is 0 Å². The van der Waals surface area contributed by atoms with Crippen molar-refractivity contribution in [2.45, 2.75) is 19.9 Å². The maximum Gasteiger partial charge on any atom is 0.255 e. The fourth-order valence-corrected chi connectivity index (χ4v) is 2.54. The van der Waals surface area contributed by atoms with Crippen molar-refractivity contribution in [1.82, 2.24) is 5.32 Å². The summed E-state index contributed by atoms with van der Waals surface area (Å²) < 4.78 is 5.20. The smallest absolute Gasteiger partial charge is 0.255 e. The Balaban J connectivity index is 2.16. The summed E-state index contributed by atoms with van der Waals surface area (Å²) in [5, 5.41) is 5.97. The zero-order chi connectivity index (χ0) is 18.4. The molecule has 2 aromatic rings. The van der Waals surface area contributed by atoms with E-state index < -0.39 is 6.04 Å². The maximum atomic E-state index is 12.6. The molecule has 0 aliphatic carbocycles. The molecule has 1 atom stereocenters. The third-order valence-corrected chi connectivity index (χ3v) is 4.05. The second kappa shape index (κ2) is 8.53. The number of hydrogen-bond acceptors (Lipinski definition) is 3. The molecule has 0 radical (unpaired) electrons. The Morgan fingerprint density at radius 1 is 1.04 bits per heavy atom. The molecule has 0 saturated heterocycles. The molecule has 6 heteroatoms. The average Bonchev–Trinajstić information content (AvgIpc) is 2.60. The van der Waals surface area contributed by atoms with Crippen molar-refractivity contribution in [2.24, 2.45) is 5.92 Å². The van der Waals surface area contributed by atoms with Crippen LogP contribution in [0.3, 0.4) is 0 Å². The van der Waals surface area contributed by atoms with E-state index in [4.69, 9.17) is 16.3 Å². The van der Waals surface area contributed by atoms with Crippen LogP contribution in [0.2, 0.25) is 5.02 Å². The van der Waals surface area contributed by atoms with Gasteiger partial charge in [0.15, 0.2) is 0 Å². The molecule has 0 fully saturated rings. The number of rotatable bonds is 6. The van der Waals surface area contributed by atoms with Crippen LogP contribution in [-0.2, 0) is 4.79 Å². The number of hydrogen-bond donors (Lipinski definition) is 2. The first-order valence-corrected chi connectivity index (χ1v) is 8.31. The van der Waals surface area contributed by atoms with Gasteiger partial charge in [-0.15, -0.1) is 0 Å². The second-order valence-electron chi connectivity index (χ2n) is 5.86. The van der Waals surface area contributed by atoms with E-state index in [0.717, 1.165) is 0 Å². The number of nitrogens with one attached hydrogen (secondary N) is 2. The topological polar surface area (TPSA) is 67.4 Å². The Hall–Kier alpha value is -2.53. The Bertz CT molecular complexity index is 762. The van der Waals surface area contributed by atoms with Gasteiger partial charge < -0.3 is 15.4 Å². The third-order valence-electron chi connectivity index (χ3n) is 3.72. The molecule has 0 heterocycles. The Labute approximate surface area is 152 Å². The SMILES string of the molecule is COc1ccccc1C(=O)NC(C(=O)Nc1ccccc1Cl)C(C)C. The van der Waals surface area contributed by atoms with Crippen molar-refractivity contribution < 1.29 is 14.3 Å². The minimum absolute atomic E-state index is 0.110. The molecule has 2 rings (SSSR count). The van der Waals surface area contributed by atoms with E-state index in [1.54, 1.807) is 48.5 Å². The molecule has 1 unspecified atom stereocenters. The molecular formula is C19H21ClN2O3. The quantitative estimate of drug-likeness (QED) is 0.824. The highest BCUT2D eigenvalue weighted by Crippen LogP contribution is 2.22. The lowest BCUT2D eigenvalue weighted by molar-refractivity contribution is -0.118. The first-order chi connectivity index (χ1) is 11.9. The fourth-order valence-electron chi connectivity index (χ4n) is 2.36. The van der Waals surface area contributed by atoms with Crippen molar-refractivity contribution in [2.75, 3.05) is 12.4 Å². The summed E-state index contributed by atoms with van der Waals surface area (Å²) in [4.78, 5) is 25.2. The number of methoxy groups -OCH3 is 1. The zero-order valence-electron chi connectivity index (χ0n) is 14.4. The van der Waals surface area contributed by atoms with Gasteiger partial charge in [0.1, 0.15) is 11.8 Å². The maximum absolute atomic E-state index is 12.6. The van der Waals surface area contributed by atoms with Crippen LogP contribution in [0, 0.1) is 5.92 Å². The standard InChI is InChI=1S/C19H21ClN2O3/c1-12(2)17(19(24)21-15-10-6-5-9-14(15)20)22-18(23)13-8-4-7-11-16(13)25-3/h4-12,17H,1-3H3,(H,21,24)(H,22,23). The van der Waals surface area contributed by atoms with Gasteiger partial charge in [0.2, 0.25) is 5.91 Å². The van der Waals surface area contributed by atoms with Gasteiger partial charge in [0, 0.05) is 0 Å². The Morgan fingerprint density at radius 2 is 1.68 bits per heavy atom. The average molecular weight is 361 g/mol. The second-order valence-corrected chi connectivity index (χ2v) is 6.27. The normalized spacial score (nSPS) is 11.7. The van der Waals surface area contributed by atoms with E-state index >= 15 is 0 Å². The highest BCUT2D eigenvalue weighted by atomic mass is 35.5. The van der Waals surface area contributed by atoms with Crippen LogP contribution < -0.4 is 15.4 Å². The summed E-state index contributed by atoms with van der Waals surface area (Å²) in [6.45, 7) is 3.72. The minimum atomic E-state index is -0.714. The van der Waals surface area contributed by atoms with Crippen molar-refractivity contribution in [3.63, 3.8) is 0 Å². The summed E-state index contributed by atoms with van der Waals surface area (Å²) in [6.07, 6.45) is 0. The number of amides is 2. The molecule has 2 aromatic carbocycles. The van der Waals surface area contributed by atoms with Crippen LogP contribution in [0.15, 0.2) is 48.5 Å². The number of carbonyl (C=O) groups excluding carboxylic acids is 2. The van der Waals surface area contributed by atoms with E-state index in [1.807, 2.05) is 13.8 Å². The lowest BCUT2D eigenvalue weighted by Gasteiger charge is -2.22. The number of anilines is 1. The molecule has 0 aliphatic heterocycles. The summed E-state index contributed by atoms with van der Waals surface area (Å²) in [5.41, 5.74) is 0.882. The molecule has 0 aromatic heterocycles. The van der Waals surface area contributed by atoms with Crippen LogP contribution in [-0.4, -0.2) is 25.0 Å². The van der Waals surface area contributed by atoms with Crippen LogP contribution in [0.5, 0.6) is 5.75 Å². The monoisotopic (exact) mass is 360 g/mol. The summed E-state index contributed by atoms with van der Waals surface area (Å²) >= 11 is 6.08. The number of halogens is 1. The van der Waals surface area contributed by atoms with E-state index in [9.17, 15) is 9.59 Å². The van der Waals surface area contributed by atoms with Crippen molar-refractivity contribution in [3.8, 4) is 5.75 Å². The molecule has 0 aliphatic rings. The largest absolute Gasteiger partial charge is 0.496 e. The lowest BCUT2D eigenvalue weighted by Crippen LogP contribution is -2.47.